The first-order valence-corrected chi connectivity index (χ1v) is 12.3. The van der Waals surface area contributed by atoms with Gasteiger partial charge in [0, 0.05) is 41.3 Å². The minimum absolute atomic E-state index is 0.152. The van der Waals surface area contributed by atoms with Crippen molar-refractivity contribution < 1.29 is 31.5 Å². The summed E-state index contributed by atoms with van der Waals surface area (Å²) in [6.45, 7) is 4.16. The third-order valence-electron chi connectivity index (χ3n) is 6.11. The monoisotopic (exact) mass is 570 g/mol. The second kappa shape index (κ2) is 10.8. The summed E-state index contributed by atoms with van der Waals surface area (Å²) in [6, 6.07) is 10.0. The first kappa shape index (κ1) is 27.7. The van der Waals surface area contributed by atoms with E-state index in [0.717, 1.165) is 0 Å². The summed E-state index contributed by atoms with van der Waals surface area (Å²) in [4.78, 5) is 14.2. The van der Waals surface area contributed by atoms with E-state index in [4.69, 9.17) is 27.9 Å². The largest absolute Gasteiger partial charge is 0.416 e. The molecule has 11 heteroatoms. The minimum atomic E-state index is -4.70. The van der Waals surface area contributed by atoms with Crippen LogP contribution in [0.5, 0.6) is 5.75 Å². The molecule has 4 aromatic rings. The van der Waals surface area contributed by atoms with E-state index in [0.29, 0.717) is 47.3 Å². The molecule has 1 aromatic heterocycles. The molecule has 3 aromatic carbocycles. The van der Waals surface area contributed by atoms with Crippen molar-refractivity contribution in [2.75, 3.05) is 13.1 Å². The highest BCUT2D eigenvalue weighted by molar-refractivity contribution is 6.31. The Morgan fingerprint density at radius 2 is 1.68 bits per heavy atom. The Morgan fingerprint density at radius 1 is 0.974 bits per heavy atom. The van der Waals surface area contributed by atoms with E-state index in [1.54, 1.807) is 32.2 Å². The van der Waals surface area contributed by atoms with E-state index >= 15 is 0 Å². The van der Waals surface area contributed by atoms with E-state index in [1.807, 2.05) is 0 Å². The van der Waals surface area contributed by atoms with Crippen LogP contribution >= 0.6 is 23.2 Å². The van der Waals surface area contributed by atoms with E-state index in [1.165, 1.54) is 33.7 Å². The van der Waals surface area contributed by atoms with Gasteiger partial charge in [0.1, 0.15) is 17.4 Å². The van der Waals surface area contributed by atoms with Crippen LogP contribution < -0.4 is 4.74 Å². The molecule has 0 atom stereocenters. The van der Waals surface area contributed by atoms with Gasteiger partial charge in [0.2, 0.25) is 0 Å². The van der Waals surface area contributed by atoms with Crippen molar-refractivity contribution in [2.45, 2.75) is 26.6 Å². The summed E-state index contributed by atoms with van der Waals surface area (Å²) in [5.74, 6) is -1.43. The van der Waals surface area contributed by atoms with Crippen molar-refractivity contribution in [3.63, 3.8) is 0 Å². The van der Waals surface area contributed by atoms with Gasteiger partial charge in [-0.25, -0.2) is 13.6 Å². The lowest BCUT2D eigenvalue weighted by molar-refractivity contribution is -0.137. The standard InChI is InChI=1S/C27H21Cl2F5N2O2/c1-3-35(4-2)26(37)38-23-8-7-22-18(24(23)15-5-6-21(30)19(28)12-15)9-10-36(22)14-16-11-17(27(32,33)34)13-20(29)25(16)31/h5-13H,3-4,14H2,1-2H3. The maximum Gasteiger partial charge on any atom is 0.416 e. The number of hydrogen-bond donors (Lipinski definition) is 0. The predicted octanol–water partition coefficient (Wildman–Crippen LogP) is 8.80. The zero-order chi connectivity index (χ0) is 27.8. The summed E-state index contributed by atoms with van der Waals surface area (Å²) in [6.07, 6.45) is -3.74. The molecule has 1 amide bonds. The highest BCUT2D eigenvalue weighted by Gasteiger charge is 2.32. The van der Waals surface area contributed by atoms with Crippen LogP contribution in [0.2, 0.25) is 10.0 Å². The SMILES string of the molecule is CCN(CC)C(=O)Oc1ccc2c(ccn2Cc2cc(C(F)(F)F)cc(Cl)c2F)c1-c1ccc(F)c(Cl)c1. The van der Waals surface area contributed by atoms with Crippen LogP contribution in [0, 0.1) is 11.6 Å². The van der Waals surface area contributed by atoms with Crippen LogP contribution in [0.15, 0.2) is 54.7 Å². The fourth-order valence-electron chi connectivity index (χ4n) is 4.17. The van der Waals surface area contributed by atoms with Crippen molar-refractivity contribution >= 4 is 40.2 Å². The molecule has 0 saturated heterocycles. The molecule has 0 N–H and O–H groups in total. The second-order valence-electron chi connectivity index (χ2n) is 8.41. The molecule has 0 bridgehead atoms. The average Bonchev–Trinajstić information content (AvgIpc) is 3.26. The van der Waals surface area contributed by atoms with Gasteiger partial charge in [-0.15, -0.1) is 0 Å². The number of rotatable bonds is 6. The lowest BCUT2D eigenvalue weighted by Gasteiger charge is -2.20. The predicted molar refractivity (Wildman–Crippen MR) is 137 cm³/mol. The molecule has 0 spiro atoms. The van der Waals surface area contributed by atoms with Crippen molar-refractivity contribution in [3.05, 3.63) is 87.5 Å². The first-order valence-electron chi connectivity index (χ1n) is 11.5. The van der Waals surface area contributed by atoms with Crippen molar-refractivity contribution in [1.29, 1.82) is 0 Å². The van der Waals surface area contributed by atoms with Gasteiger partial charge in [0.05, 0.1) is 22.2 Å². The van der Waals surface area contributed by atoms with E-state index in [9.17, 15) is 26.7 Å². The average molecular weight is 571 g/mol. The number of ether oxygens (including phenoxy) is 1. The zero-order valence-corrected chi connectivity index (χ0v) is 21.7. The van der Waals surface area contributed by atoms with Crippen molar-refractivity contribution in [3.8, 4) is 16.9 Å². The topological polar surface area (TPSA) is 34.5 Å². The Kier molecular flexibility index (Phi) is 7.90. The van der Waals surface area contributed by atoms with Crippen LogP contribution in [-0.2, 0) is 12.7 Å². The molecule has 0 fully saturated rings. The number of hydrogen-bond acceptors (Lipinski definition) is 2. The third-order valence-corrected chi connectivity index (χ3v) is 6.68. The van der Waals surface area contributed by atoms with Gasteiger partial charge in [0.25, 0.3) is 0 Å². The smallest absolute Gasteiger partial charge is 0.410 e. The Balaban J connectivity index is 1.85. The number of aromatic nitrogens is 1. The molecule has 0 aliphatic heterocycles. The van der Waals surface area contributed by atoms with Gasteiger partial charge in [0.15, 0.2) is 0 Å². The van der Waals surface area contributed by atoms with Crippen LogP contribution in [0.1, 0.15) is 25.0 Å². The lowest BCUT2D eigenvalue weighted by Crippen LogP contribution is -2.33. The van der Waals surface area contributed by atoms with Gasteiger partial charge in [-0.1, -0.05) is 29.3 Å². The Bertz CT molecular complexity index is 1510. The molecule has 4 rings (SSSR count). The van der Waals surface area contributed by atoms with Gasteiger partial charge in [-0.3, -0.25) is 0 Å². The molecule has 0 aliphatic rings. The molecule has 0 unspecified atom stereocenters. The van der Waals surface area contributed by atoms with Crippen LogP contribution in [0.3, 0.4) is 0 Å². The summed E-state index contributed by atoms with van der Waals surface area (Å²) in [5.41, 5.74) is 0.0194. The van der Waals surface area contributed by atoms with Gasteiger partial charge in [-0.05, 0) is 61.9 Å². The highest BCUT2D eigenvalue weighted by Crippen LogP contribution is 2.40. The Labute approximate surface area is 225 Å². The van der Waals surface area contributed by atoms with E-state index in [2.05, 4.69) is 0 Å². The van der Waals surface area contributed by atoms with Crippen LogP contribution in [-0.4, -0.2) is 28.6 Å². The number of nitrogens with zero attached hydrogens (tertiary/aromatic N) is 2. The maximum absolute atomic E-state index is 14.7. The molecule has 1 heterocycles. The summed E-state index contributed by atoms with van der Waals surface area (Å²) in [7, 11) is 0. The number of benzene rings is 3. The number of amides is 1. The molecular formula is C27H21Cl2F5N2O2. The fraction of sp³-hybridized carbons (Fsp3) is 0.222. The van der Waals surface area contributed by atoms with E-state index < -0.39 is 34.5 Å². The molecule has 0 saturated carbocycles. The number of carbonyl (C=O) groups excluding carboxylic acids is 1. The normalized spacial score (nSPS) is 11.7. The fourth-order valence-corrected chi connectivity index (χ4v) is 4.59. The molecular weight excluding hydrogens is 550 g/mol. The Hall–Kier alpha value is -3.30. The number of alkyl halides is 3. The first-order chi connectivity index (χ1) is 17.9. The minimum Gasteiger partial charge on any atom is -0.410 e. The van der Waals surface area contributed by atoms with Gasteiger partial charge >= 0.3 is 12.3 Å². The van der Waals surface area contributed by atoms with Crippen molar-refractivity contribution in [2.24, 2.45) is 0 Å². The van der Waals surface area contributed by atoms with Crippen LogP contribution in [0.25, 0.3) is 22.0 Å². The molecule has 4 nitrogen and oxygen atoms in total. The number of fused-ring (bicyclic) bond motifs is 1. The van der Waals surface area contributed by atoms with Crippen LogP contribution in [0.4, 0.5) is 26.7 Å². The lowest BCUT2D eigenvalue weighted by atomic mass is 10.0. The summed E-state index contributed by atoms with van der Waals surface area (Å²) < 4.78 is 75.7. The molecule has 200 valence electrons. The number of carbonyl (C=O) groups is 1. The Morgan fingerprint density at radius 3 is 2.32 bits per heavy atom. The third kappa shape index (κ3) is 5.44. The second-order valence-corrected chi connectivity index (χ2v) is 9.23. The molecule has 38 heavy (non-hydrogen) atoms. The van der Waals surface area contributed by atoms with E-state index in [-0.39, 0.29) is 22.9 Å². The van der Waals surface area contributed by atoms with Crippen molar-refractivity contribution in [1.82, 2.24) is 9.47 Å². The quantitative estimate of drug-likeness (QED) is 0.217. The molecule has 0 aliphatic carbocycles. The number of halogens is 7. The maximum atomic E-state index is 14.7. The highest BCUT2D eigenvalue weighted by atomic mass is 35.5. The van der Waals surface area contributed by atoms with Gasteiger partial charge < -0.3 is 14.2 Å². The summed E-state index contributed by atoms with van der Waals surface area (Å²) in [5, 5.41) is -0.268. The molecule has 0 radical (unpaired) electrons. The summed E-state index contributed by atoms with van der Waals surface area (Å²) >= 11 is 11.8. The van der Waals surface area contributed by atoms with Gasteiger partial charge in [-0.2, -0.15) is 13.2 Å². The zero-order valence-electron chi connectivity index (χ0n) is 20.2.